The number of carbonyl (C=O) groups is 2. The normalized spacial score (nSPS) is 17.0. The number of hydrogen-bond donors (Lipinski definition) is 1. The van der Waals surface area contributed by atoms with Gasteiger partial charge in [0.2, 0.25) is 0 Å². The highest BCUT2D eigenvalue weighted by Crippen LogP contribution is 2.44. The van der Waals surface area contributed by atoms with Gasteiger partial charge in [0, 0.05) is 36.9 Å². The average Bonchev–Trinajstić information content (AvgIpc) is 3.15. The molecule has 4 rings (SSSR count). The molecule has 32 heavy (non-hydrogen) atoms. The van der Waals surface area contributed by atoms with Gasteiger partial charge < -0.3 is 23.9 Å². The van der Waals surface area contributed by atoms with Crippen LogP contribution in [0.5, 0.6) is 11.5 Å². The lowest BCUT2D eigenvalue weighted by Gasteiger charge is -2.36. The van der Waals surface area contributed by atoms with Gasteiger partial charge >= 0.3 is 11.9 Å². The van der Waals surface area contributed by atoms with Crippen molar-refractivity contribution >= 4 is 45.4 Å². The van der Waals surface area contributed by atoms with E-state index in [4.69, 9.17) is 18.9 Å². The summed E-state index contributed by atoms with van der Waals surface area (Å²) in [5, 5.41) is 0.908. The van der Waals surface area contributed by atoms with Crippen LogP contribution in [0.15, 0.2) is 42.6 Å². The molecular weight excluding hydrogens is 525 g/mol. The Morgan fingerprint density at radius 1 is 1.16 bits per heavy atom. The molecule has 0 amide bonds. The lowest BCUT2D eigenvalue weighted by molar-refractivity contribution is -0.240. The molecule has 0 radical (unpaired) electrons. The number of nitrogens with one attached hydrogen (secondary N) is 1. The number of hydrogen-bond acceptors (Lipinski definition) is 6. The van der Waals surface area contributed by atoms with Gasteiger partial charge in [-0.05, 0) is 58.8 Å². The van der Waals surface area contributed by atoms with E-state index in [9.17, 15) is 9.59 Å². The Labute approximate surface area is 199 Å². The van der Waals surface area contributed by atoms with Gasteiger partial charge in [-0.1, -0.05) is 18.2 Å². The number of esters is 2. The summed E-state index contributed by atoms with van der Waals surface area (Å²) in [6.07, 6.45) is 1.82. The molecular formula is C24H24INO6. The zero-order valence-corrected chi connectivity index (χ0v) is 20.4. The van der Waals surface area contributed by atoms with E-state index < -0.39 is 29.6 Å². The number of fused-ring (bicyclic) bond motifs is 1. The van der Waals surface area contributed by atoms with Crippen molar-refractivity contribution < 1.29 is 28.5 Å². The second-order valence-electron chi connectivity index (χ2n) is 7.95. The van der Waals surface area contributed by atoms with E-state index >= 15 is 0 Å². The summed E-state index contributed by atoms with van der Waals surface area (Å²) in [7, 11) is 1.56. The number of aromatic nitrogens is 1. The van der Waals surface area contributed by atoms with E-state index in [-0.39, 0.29) is 0 Å². The molecule has 8 heteroatoms. The number of methoxy groups -OCH3 is 1. The topological polar surface area (TPSA) is 86.9 Å². The maximum Gasteiger partial charge on any atom is 0.324 e. The first-order chi connectivity index (χ1) is 15.3. The third-order valence-corrected chi connectivity index (χ3v) is 6.19. The Morgan fingerprint density at radius 2 is 1.84 bits per heavy atom. The highest BCUT2D eigenvalue weighted by molar-refractivity contribution is 14.1. The quantitative estimate of drug-likeness (QED) is 0.271. The molecule has 0 saturated carbocycles. The summed E-state index contributed by atoms with van der Waals surface area (Å²) in [4.78, 5) is 29.4. The molecule has 1 atom stereocenters. The Balaban J connectivity index is 1.92. The van der Waals surface area contributed by atoms with Crippen LogP contribution in [0, 0.1) is 9.49 Å². The number of aromatic amines is 1. The van der Waals surface area contributed by atoms with Crippen LogP contribution in [0.3, 0.4) is 0 Å². The molecule has 7 nitrogen and oxygen atoms in total. The zero-order chi connectivity index (χ0) is 23.0. The van der Waals surface area contributed by atoms with Gasteiger partial charge in [-0.2, -0.15) is 0 Å². The predicted octanol–water partition coefficient (Wildman–Crippen LogP) is 4.76. The minimum absolute atomic E-state index is 0.480. The van der Waals surface area contributed by atoms with E-state index in [1.165, 1.54) is 0 Å². The predicted molar refractivity (Wildman–Crippen MR) is 127 cm³/mol. The SMILES string of the molecule is CCOc1c(I)cc([C@@H](c2c[nH]c3ccccc23)C2C(=O)OC(C)(C)OC2=O)cc1OC. The second kappa shape index (κ2) is 8.65. The van der Waals surface area contributed by atoms with Crippen LogP contribution in [0.4, 0.5) is 0 Å². The lowest BCUT2D eigenvalue weighted by atomic mass is 9.80. The third kappa shape index (κ3) is 4.03. The van der Waals surface area contributed by atoms with Gasteiger partial charge in [-0.25, -0.2) is 0 Å². The summed E-state index contributed by atoms with van der Waals surface area (Å²) in [5.41, 5.74) is 2.41. The molecule has 3 aromatic rings. The molecule has 1 aliphatic heterocycles. The molecule has 1 N–H and O–H groups in total. The first-order valence-corrected chi connectivity index (χ1v) is 11.4. The molecule has 2 heterocycles. The smallest absolute Gasteiger partial charge is 0.324 e. The summed E-state index contributed by atoms with van der Waals surface area (Å²) >= 11 is 2.17. The van der Waals surface area contributed by atoms with Gasteiger partial charge in [0.25, 0.3) is 5.79 Å². The third-order valence-electron chi connectivity index (χ3n) is 5.39. The van der Waals surface area contributed by atoms with Gasteiger partial charge in [0.15, 0.2) is 17.4 Å². The average molecular weight is 549 g/mol. The largest absolute Gasteiger partial charge is 0.493 e. The zero-order valence-electron chi connectivity index (χ0n) is 18.2. The first kappa shape index (κ1) is 22.4. The van der Waals surface area contributed by atoms with Gasteiger partial charge in [-0.3, -0.25) is 9.59 Å². The number of halogens is 1. The molecule has 0 unspecified atom stereocenters. The van der Waals surface area contributed by atoms with E-state index in [1.807, 2.05) is 43.5 Å². The summed E-state index contributed by atoms with van der Waals surface area (Å²) in [5.74, 6) is -3.22. The Morgan fingerprint density at radius 3 is 2.50 bits per heavy atom. The minimum atomic E-state index is -1.31. The van der Waals surface area contributed by atoms with E-state index in [0.29, 0.717) is 18.1 Å². The minimum Gasteiger partial charge on any atom is -0.493 e. The molecule has 1 aromatic heterocycles. The number of cyclic esters (lactones) is 2. The maximum atomic E-state index is 13.1. The van der Waals surface area contributed by atoms with Crippen LogP contribution in [0.2, 0.25) is 0 Å². The van der Waals surface area contributed by atoms with Crippen LogP contribution in [-0.4, -0.2) is 36.4 Å². The number of para-hydroxylation sites is 1. The summed E-state index contributed by atoms with van der Waals surface area (Å²) in [6.45, 7) is 5.47. The molecule has 1 fully saturated rings. The van der Waals surface area contributed by atoms with E-state index in [2.05, 4.69) is 27.6 Å². The van der Waals surface area contributed by atoms with Crippen molar-refractivity contribution in [3.8, 4) is 11.5 Å². The van der Waals surface area contributed by atoms with Gasteiger partial charge in [-0.15, -0.1) is 0 Å². The molecule has 0 spiro atoms. The van der Waals surface area contributed by atoms with Crippen LogP contribution in [0.1, 0.15) is 37.8 Å². The number of ether oxygens (including phenoxy) is 4. The monoisotopic (exact) mass is 549 g/mol. The Bertz CT molecular complexity index is 1160. The molecule has 168 valence electrons. The summed E-state index contributed by atoms with van der Waals surface area (Å²) < 4.78 is 23.1. The first-order valence-electron chi connectivity index (χ1n) is 10.3. The van der Waals surface area contributed by atoms with Gasteiger partial charge in [0.05, 0.1) is 17.3 Å². The highest BCUT2D eigenvalue weighted by atomic mass is 127. The van der Waals surface area contributed by atoms with Crippen LogP contribution >= 0.6 is 22.6 Å². The van der Waals surface area contributed by atoms with E-state index in [1.54, 1.807) is 27.0 Å². The van der Waals surface area contributed by atoms with Crippen molar-refractivity contribution in [2.45, 2.75) is 32.5 Å². The van der Waals surface area contributed by atoms with Crippen molar-refractivity contribution in [2.24, 2.45) is 5.92 Å². The van der Waals surface area contributed by atoms with Crippen LogP contribution < -0.4 is 9.47 Å². The van der Waals surface area contributed by atoms with Crippen molar-refractivity contribution in [1.82, 2.24) is 4.98 Å². The molecule has 1 saturated heterocycles. The van der Waals surface area contributed by atoms with Crippen LogP contribution in [0.25, 0.3) is 10.9 Å². The van der Waals surface area contributed by atoms with Crippen LogP contribution in [-0.2, 0) is 19.1 Å². The molecule has 1 aliphatic rings. The number of benzene rings is 2. The molecule has 0 bridgehead atoms. The van der Waals surface area contributed by atoms with Crippen molar-refractivity contribution in [2.75, 3.05) is 13.7 Å². The Kier molecular flexibility index (Phi) is 6.07. The molecule has 0 aliphatic carbocycles. The lowest BCUT2D eigenvalue weighted by Crippen LogP contribution is -2.48. The van der Waals surface area contributed by atoms with Crippen molar-refractivity contribution in [3.05, 3.63) is 57.3 Å². The molecule has 2 aromatic carbocycles. The number of carbonyl (C=O) groups excluding carboxylic acids is 2. The van der Waals surface area contributed by atoms with E-state index in [0.717, 1.165) is 25.6 Å². The Hall–Kier alpha value is -2.75. The highest BCUT2D eigenvalue weighted by Gasteiger charge is 2.48. The fraction of sp³-hybridized carbons (Fsp3) is 0.333. The summed E-state index contributed by atoms with van der Waals surface area (Å²) in [6, 6.07) is 11.4. The number of H-pyrrole nitrogens is 1. The number of rotatable bonds is 6. The fourth-order valence-electron chi connectivity index (χ4n) is 4.11. The van der Waals surface area contributed by atoms with Crippen molar-refractivity contribution in [3.63, 3.8) is 0 Å². The standard InChI is InChI=1S/C24H24INO6/c1-5-30-21-16(25)10-13(11-18(21)29-4)19(15-12-26-17-9-7-6-8-14(15)17)20-22(27)31-24(2,3)32-23(20)28/h6-12,19-20,26H,5H2,1-4H3/t19-/m0/s1. The van der Waals surface area contributed by atoms with Crippen molar-refractivity contribution in [1.29, 1.82) is 0 Å². The van der Waals surface area contributed by atoms with Gasteiger partial charge in [0.1, 0.15) is 0 Å². The second-order valence-corrected chi connectivity index (χ2v) is 9.12. The maximum absolute atomic E-state index is 13.1. The fourth-order valence-corrected chi connectivity index (χ4v) is 4.89.